The zero-order chi connectivity index (χ0) is 21.5. The van der Waals surface area contributed by atoms with Crippen LogP contribution in [0.4, 0.5) is 0 Å². The van der Waals surface area contributed by atoms with Gasteiger partial charge in [-0.2, -0.15) is 10.2 Å². The number of rotatable bonds is 7. The Kier molecular flexibility index (Phi) is 6.04. The van der Waals surface area contributed by atoms with Crippen LogP contribution in [0.15, 0.2) is 90.0 Å². The van der Waals surface area contributed by atoms with Gasteiger partial charge >= 0.3 is 0 Å². The summed E-state index contributed by atoms with van der Waals surface area (Å²) in [6.45, 7) is 0.432. The number of ether oxygens (including phenoxy) is 1. The first kappa shape index (κ1) is 19.9. The van der Waals surface area contributed by atoms with Gasteiger partial charge in [-0.1, -0.05) is 42.5 Å². The maximum Gasteiger partial charge on any atom is 0.289 e. The van der Waals surface area contributed by atoms with E-state index < -0.39 is 5.91 Å². The molecular formula is C24H20N4O3. The first-order valence-electron chi connectivity index (χ1n) is 9.63. The minimum Gasteiger partial charge on any atom is -0.508 e. The summed E-state index contributed by atoms with van der Waals surface area (Å²) in [5, 5.41) is 20.2. The number of nitrogens with zero attached hydrogens (tertiary/aromatic N) is 2. The predicted octanol–water partition coefficient (Wildman–Crippen LogP) is 4.13. The van der Waals surface area contributed by atoms with Crippen LogP contribution in [0.5, 0.6) is 11.5 Å². The van der Waals surface area contributed by atoms with Gasteiger partial charge in [0.15, 0.2) is 0 Å². The molecule has 0 aliphatic rings. The number of aromatic nitrogens is 2. The number of nitrogens with one attached hydrogen (secondary N) is 2. The first-order chi connectivity index (χ1) is 15.2. The molecule has 7 heteroatoms. The van der Waals surface area contributed by atoms with Crippen LogP contribution in [0.1, 0.15) is 21.6 Å². The summed E-state index contributed by atoms with van der Waals surface area (Å²) >= 11 is 0. The van der Waals surface area contributed by atoms with E-state index in [4.69, 9.17) is 4.74 Å². The Bertz CT molecular complexity index is 1180. The van der Waals surface area contributed by atoms with Crippen LogP contribution in [0, 0.1) is 0 Å². The van der Waals surface area contributed by atoms with Crippen LogP contribution < -0.4 is 10.2 Å². The highest BCUT2D eigenvalue weighted by Gasteiger charge is 2.13. The fraction of sp³-hybridized carbons (Fsp3) is 0.0417. The van der Waals surface area contributed by atoms with Gasteiger partial charge in [0, 0.05) is 5.56 Å². The Labute approximate surface area is 179 Å². The zero-order valence-corrected chi connectivity index (χ0v) is 16.5. The van der Waals surface area contributed by atoms with Crippen molar-refractivity contribution in [3.8, 4) is 22.8 Å². The lowest BCUT2D eigenvalue weighted by Gasteiger charge is -2.10. The Morgan fingerprint density at radius 1 is 1.03 bits per heavy atom. The highest BCUT2D eigenvalue weighted by Crippen LogP contribution is 2.29. The second-order valence-electron chi connectivity index (χ2n) is 6.73. The quantitative estimate of drug-likeness (QED) is 0.314. The Morgan fingerprint density at radius 2 is 1.77 bits per heavy atom. The van der Waals surface area contributed by atoms with Crippen molar-refractivity contribution in [2.75, 3.05) is 0 Å². The molecule has 0 saturated carbocycles. The summed E-state index contributed by atoms with van der Waals surface area (Å²) in [5.74, 6) is 0.422. The molecule has 3 N–H and O–H groups in total. The summed E-state index contributed by atoms with van der Waals surface area (Å²) in [6.07, 6.45) is 1.49. The van der Waals surface area contributed by atoms with Gasteiger partial charge in [-0.15, -0.1) is 0 Å². The third-order valence-corrected chi connectivity index (χ3v) is 4.50. The third kappa shape index (κ3) is 5.16. The highest BCUT2D eigenvalue weighted by molar-refractivity contribution is 5.94. The number of phenolic OH excluding ortho intramolecular Hbond substituents is 1. The molecule has 0 spiro atoms. The van der Waals surface area contributed by atoms with Crippen LogP contribution in [-0.4, -0.2) is 27.4 Å². The molecule has 3 aromatic carbocycles. The molecule has 1 amide bonds. The molecule has 0 bridgehead atoms. The van der Waals surface area contributed by atoms with Gasteiger partial charge in [0.05, 0.1) is 11.9 Å². The topological polar surface area (TPSA) is 99.6 Å². The van der Waals surface area contributed by atoms with Crippen LogP contribution in [0.25, 0.3) is 11.3 Å². The first-order valence-corrected chi connectivity index (χ1v) is 9.63. The molecular weight excluding hydrogens is 392 g/mol. The number of phenols is 1. The van der Waals surface area contributed by atoms with Gasteiger partial charge in [0.25, 0.3) is 5.91 Å². The van der Waals surface area contributed by atoms with Crippen molar-refractivity contribution < 1.29 is 14.6 Å². The lowest BCUT2D eigenvalue weighted by atomic mass is 10.1. The molecule has 0 fully saturated rings. The Balaban J connectivity index is 1.43. The Hall–Kier alpha value is -4.39. The number of carbonyl (C=O) groups excluding carboxylic acids is 1. The number of hydrogen-bond donors (Lipinski definition) is 3. The largest absolute Gasteiger partial charge is 0.508 e. The molecule has 4 aromatic rings. The van der Waals surface area contributed by atoms with E-state index in [1.807, 2.05) is 54.6 Å². The second kappa shape index (κ2) is 9.41. The number of amides is 1. The van der Waals surface area contributed by atoms with Crippen molar-refractivity contribution in [2.45, 2.75) is 6.61 Å². The van der Waals surface area contributed by atoms with Crippen molar-refractivity contribution in [2.24, 2.45) is 5.10 Å². The molecule has 31 heavy (non-hydrogen) atoms. The van der Waals surface area contributed by atoms with E-state index in [-0.39, 0.29) is 11.4 Å². The number of carbonyl (C=O) groups is 1. The fourth-order valence-corrected chi connectivity index (χ4v) is 2.90. The second-order valence-corrected chi connectivity index (χ2v) is 6.73. The third-order valence-electron chi connectivity index (χ3n) is 4.50. The molecule has 1 aromatic heterocycles. The molecule has 1 heterocycles. The molecule has 0 aliphatic heterocycles. The molecule has 0 radical (unpaired) electrons. The van der Waals surface area contributed by atoms with Gasteiger partial charge in [0.2, 0.25) is 0 Å². The minimum atomic E-state index is -0.420. The molecule has 0 saturated heterocycles. The van der Waals surface area contributed by atoms with Gasteiger partial charge in [-0.3, -0.25) is 9.89 Å². The standard InChI is InChI=1S/C24H20N4O3/c29-19-12-10-17(11-13-19)15-25-28-24(30)22-14-21(26-27-22)20-8-4-5-9-23(20)31-16-18-6-2-1-3-7-18/h1-15,29H,16H2,(H,26,27)(H,28,30). The monoisotopic (exact) mass is 412 g/mol. The van der Waals surface area contributed by atoms with Gasteiger partial charge in [-0.25, -0.2) is 5.43 Å². The smallest absolute Gasteiger partial charge is 0.289 e. The summed E-state index contributed by atoms with van der Waals surface area (Å²) in [5.41, 5.74) is 5.90. The normalized spacial score (nSPS) is 10.8. The van der Waals surface area contributed by atoms with Crippen molar-refractivity contribution in [1.82, 2.24) is 15.6 Å². The summed E-state index contributed by atoms with van der Waals surface area (Å²) in [7, 11) is 0. The van der Waals surface area contributed by atoms with E-state index in [1.54, 1.807) is 30.3 Å². The van der Waals surface area contributed by atoms with E-state index in [2.05, 4.69) is 20.7 Å². The number of para-hydroxylation sites is 1. The molecule has 0 atom stereocenters. The van der Waals surface area contributed by atoms with E-state index in [1.165, 1.54) is 6.21 Å². The van der Waals surface area contributed by atoms with Crippen LogP contribution >= 0.6 is 0 Å². The summed E-state index contributed by atoms with van der Waals surface area (Å²) in [6, 6.07) is 25.5. The van der Waals surface area contributed by atoms with E-state index in [9.17, 15) is 9.90 Å². The SMILES string of the molecule is O=C(NN=Cc1ccc(O)cc1)c1cc(-c2ccccc2OCc2ccccc2)n[nH]1. The molecule has 154 valence electrons. The van der Waals surface area contributed by atoms with Gasteiger partial charge in [-0.05, 0) is 53.6 Å². The fourth-order valence-electron chi connectivity index (χ4n) is 2.90. The maximum absolute atomic E-state index is 12.4. The number of hydrogen-bond acceptors (Lipinski definition) is 5. The van der Waals surface area contributed by atoms with Crippen LogP contribution in [0.2, 0.25) is 0 Å². The number of aromatic hydroxyl groups is 1. The lowest BCUT2D eigenvalue weighted by molar-refractivity contribution is 0.0950. The molecule has 7 nitrogen and oxygen atoms in total. The zero-order valence-electron chi connectivity index (χ0n) is 16.5. The number of benzene rings is 3. The summed E-state index contributed by atoms with van der Waals surface area (Å²) < 4.78 is 5.97. The average Bonchev–Trinajstić information content (AvgIpc) is 3.30. The molecule has 0 unspecified atom stereocenters. The van der Waals surface area contributed by atoms with Crippen molar-refractivity contribution in [3.63, 3.8) is 0 Å². The van der Waals surface area contributed by atoms with Crippen molar-refractivity contribution in [1.29, 1.82) is 0 Å². The predicted molar refractivity (Wildman–Crippen MR) is 118 cm³/mol. The number of hydrazone groups is 1. The van der Waals surface area contributed by atoms with Crippen molar-refractivity contribution >= 4 is 12.1 Å². The van der Waals surface area contributed by atoms with E-state index in [0.29, 0.717) is 18.1 Å². The summed E-state index contributed by atoms with van der Waals surface area (Å²) in [4.78, 5) is 12.4. The van der Waals surface area contributed by atoms with Crippen LogP contribution in [-0.2, 0) is 6.61 Å². The minimum absolute atomic E-state index is 0.166. The average molecular weight is 412 g/mol. The van der Waals surface area contributed by atoms with Gasteiger partial charge in [0.1, 0.15) is 23.8 Å². The number of aromatic amines is 1. The molecule has 4 rings (SSSR count). The van der Waals surface area contributed by atoms with Crippen molar-refractivity contribution in [3.05, 3.63) is 102 Å². The highest BCUT2D eigenvalue weighted by atomic mass is 16.5. The Morgan fingerprint density at radius 3 is 2.58 bits per heavy atom. The molecule has 0 aliphatic carbocycles. The lowest BCUT2D eigenvalue weighted by Crippen LogP contribution is -2.17. The van der Waals surface area contributed by atoms with Gasteiger partial charge < -0.3 is 9.84 Å². The maximum atomic E-state index is 12.4. The van der Waals surface area contributed by atoms with Crippen LogP contribution in [0.3, 0.4) is 0 Å². The van der Waals surface area contributed by atoms with E-state index in [0.717, 1.165) is 16.7 Å². The number of H-pyrrole nitrogens is 1. The van der Waals surface area contributed by atoms with E-state index >= 15 is 0 Å².